The van der Waals surface area contributed by atoms with E-state index >= 15 is 0 Å². The topological polar surface area (TPSA) is 66.5 Å². The van der Waals surface area contributed by atoms with Crippen LogP contribution in [0.25, 0.3) is 11.2 Å². The van der Waals surface area contributed by atoms with Crippen molar-refractivity contribution in [3.05, 3.63) is 40.1 Å². The van der Waals surface area contributed by atoms with Gasteiger partial charge in [-0.05, 0) is 39.7 Å². The first-order valence-corrected chi connectivity index (χ1v) is 6.40. The Morgan fingerprint density at radius 3 is 2.95 bits per heavy atom. The molecule has 2 aromatic heterocycles. The van der Waals surface area contributed by atoms with Gasteiger partial charge in [0.05, 0.1) is 12.0 Å². The predicted octanol–water partition coefficient (Wildman–Crippen LogP) is 3.65. The number of para-hydroxylation sites is 1. The summed E-state index contributed by atoms with van der Waals surface area (Å²) in [5.41, 5.74) is 1.24. The van der Waals surface area contributed by atoms with Gasteiger partial charge in [-0.1, -0.05) is 6.07 Å². The molecule has 3 aromatic rings. The lowest BCUT2D eigenvalue weighted by atomic mass is 10.3. The van der Waals surface area contributed by atoms with E-state index in [-0.39, 0.29) is 11.0 Å². The zero-order valence-electron chi connectivity index (χ0n) is 9.28. The van der Waals surface area contributed by atoms with Crippen LogP contribution in [-0.2, 0) is 0 Å². The zero-order chi connectivity index (χ0) is 13.4. The van der Waals surface area contributed by atoms with Crippen molar-refractivity contribution >= 4 is 50.2 Å². The van der Waals surface area contributed by atoms with Crippen molar-refractivity contribution in [2.45, 2.75) is 0 Å². The molecule has 0 saturated carbocycles. The Morgan fingerprint density at radius 2 is 2.16 bits per heavy atom. The molecule has 2 N–H and O–H groups in total. The normalized spacial score (nSPS) is 10.9. The molecule has 0 radical (unpaired) electrons. The van der Waals surface area contributed by atoms with E-state index in [1.165, 1.54) is 12.4 Å². The average molecular weight is 343 g/mol. The minimum Gasteiger partial charge on any atom is -0.340 e. The lowest BCUT2D eigenvalue weighted by Crippen LogP contribution is -2.00. The summed E-state index contributed by atoms with van der Waals surface area (Å²) >= 11 is 9.08. The van der Waals surface area contributed by atoms with Gasteiger partial charge < -0.3 is 10.3 Å². The van der Waals surface area contributed by atoms with E-state index in [1.807, 2.05) is 0 Å². The number of H-pyrrole nitrogens is 1. The van der Waals surface area contributed by atoms with Gasteiger partial charge in [-0.2, -0.15) is 9.97 Å². The maximum absolute atomic E-state index is 13.8. The molecule has 0 atom stereocenters. The van der Waals surface area contributed by atoms with Gasteiger partial charge in [-0.15, -0.1) is 0 Å². The molecule has 0 aliphatic heterocycles. The maximum Gasteiger partial charge on any atom is 0.226 e. The van der Waals surface area contributed by atoms with Crippen LogP contribution in [0.15, 0.2) is 29.0 Å². The third-order valence-corrected chi connectivity index (χ3v) is 3.29. The number of anilines is 2. The van der Waals surface area contributed by atoms with E-state index in [1.54, 1.807) is 12.1 Å². The molecule has 8 heteroatoms. The van der Waals surface area contributed by atoms with Crippen molar-refractivity contribution in [1.29, 1.82) is 0 Å². The summed E-state index contributed by atoms with van der Waals surface area (Å²) in [5, 5.41) is 2.92. The molecule has 96 valence electrons. The fourth-order valence-electron chi connectivity index (χ4n) is 1.63. The Bertz CT molecular complexity index is 740. The van der Waals surface area contributed by atoms with Crippen LogP contribution in [0.4, 0.5) is 15.9 Å². The second-order valence-corrected chi connectivity index (χ2v) is 4.86. The minimum atomic E-state index is -0.406. The molecule has 19 heavy (non-hydrogen) atoms. The number of benzene rings is 1. The number of imidazole rings is 1. The van der Waals surface area contributed by atoms with Crippen LogP contribution in [0, 0.1) is 5.82 Å². The fraction of sp³-hybridized carbons (Fsp3) is 0. The highest BCUT2D eigenvalue weighted by Crippen LogP contribution is 2.30. The van der Waals surface area contributed by atoms with Crippen molar-refractivity contribution in [3.63, 3.8) is 0 Å². The first kappa shape index (κ1) is 12.3. The number of nitrogens with zero attached hydrogens (tertiary/aromatic N) is 3. The third-order valence-electron chi connectivity index (χ3n) is 2.46. The summed E-state index contributed by atoms with van der Waals surface area (Å²) < 4.78 is 14.3. The Morgan fingerprint density at radius 1 is 1.32 bits per heavy atom. The van der Waals surface area contributed by atoms with Crippen LogP contribution in [0.2, 0.25) is 5.28 Å². The van der Waals surface area contributed by atoms with E-state index in [0.29, 0.717) is 21.5 Å². The lowest BCUT2D eigenvalue weighted by molar-refractivity contribution is 0.631. The van der Waals surface area contributed by atoms with Gasteiger partial charge in [0.1, 0.15) is 11.3 Å². The van der Waals surface area contributed by atoms with Gasteiger partial charge in [0.2, 0.25) is 5.28 Å². The van der Waals surface area contributed by atoms with Gasteiger partial charge in [0, 0.05) is 4.47 Å². The first-order chi connectivity index (χ1) is 9.15. The molecule has 0 unspecified atom stereocenters. The number of aromatic amines is 1. The number of hydrogen-bond donors (Lipinski definition) is 2. The van der Waals surface area contributed by atoms with Crippen LogP contribution in [0.5, 0.6) is 0 Å². The molecule has 0 spiro atoms. The smallest absolute Gasteiger partial charge is 0.226 e. The SMILES string of the molecule is Fc1cccc(Br)c1Nc1nc(Cl)nc2nc[nH]c12. The predicted molar refractivity (Wildman–Crippen MR) is 74.1 cm³/mol. The molecular formula is C11H6BrClFN5. The van der Waals surface area contributed by atoms with Crippen LogP contribution in [0.3, 0.4) is 0 Å². The number of halogens is 3. The second-order valence-electron chi connectivity index (χ2n) is 3.66. The highest BCUT2D eigenvalue weighted by molar-refractivity contribution is 9.10. The average Bonchev–Trinajstić information content (AvgIpc) is 2.81. The van der Waals surface area contributed by atoms with Crippen molar-refractivity contribution in [3.8, 4) is 0 Å². The van der Waals surface area contributed by atoms with Gasteiger partial charge in [0.15, 0.2) is 11.5 Å². The standard InChI is InChI=1S/C11H6BrClFN5/c12-5-2-1-3-6(14)7(5)17-10-8-9(16-4-15-8)18-11(13)19-10/h1-4H,(H2,15,16,17,18,19). The van der Waals surface area contributed by atoms with Gasteiger partial charge in [0.25, 0.3) is 0 Å². The van der Waals surface area contributed by atoms with Crippen LogP contribution < -0.4 is 5.32 Å². The second kappa shape index (κ2) is 4.75. The van der Waals surface area contributed by atoms with Crippen LogP contribution >= 0.6 is 27.5 Å². The van der Waals surface area contributed by atoms with E-state index in [2.05, 4.69) is 41.2 Å². The number of nitrogens with one attached hydrogen (secondary N) is 2. The summed E-state index contributed by atoms with van der Waals surface area (Å²) in [4.78, 5) is 14.9. The van der Waals surface area contributed by atoms with Gasteiger partial charge in [-0.25, -0.2) is 9.37 Å². The number of rotatable bonds is 2. The van der Waals surface area contributed by atoms with Crippen LogP contribution in [-0.4, -0.2) is 19.9 Å². The molecular weight excluding hydrogens is 337 g/mol. The third kappa shape index (κ3) is 2.26. The van der Waals surface area contributed by atoms with Crippen molar-refractivity contribution in [1.82, 2.24) is 19.9 Å². The molecule has 0 aliphatic carbocycles. The first-order valence-electron chi connectivity index (χ1n) is 5.23. The van der Waals surface area contributed by atoms with E-state index in [9.17, 15) is 4.39 Å². The lowest BCUT2D eigenvalue weighted by Gasteiger charge is -2.09. The molecule has 0 aliphatic rings. The minimum absolute atomic E-state index is 0.0366. The number of fused-ring (bicyclic) bond motifs is 1. The number of hydrogen-bond acceptors (Lipinski definition) is 4. The van der Waals surface area contributed by atoms with Crippen molar-refractivity contribution < 1.29 is 4.39 Å². The quantitative estimate of drug-likeness (QED) is 0.698. The van der Waals surface area contributed by atoms with E-state index < -0.39 is 5.82 Å². The molecule has 3 rings (SSSR count). The maximum atomic E-state index is 13.8. The van der Waals surface area contributed by atoms with Gasteiger partial charge >= 0.3 is 0 Å². The summed E-state index contributed by atoms with van der Waals surface area (Å²) in [7, 11) is 0. The van der Waals surface area contributed by atoms with E-state index in [0.717, 1.165) is 0 Å². The Labute approximate surface area is 120 Å². The number of aromatic nitrogens is 4. The molecule has 1 aromatic carbocycles. The molecule has 0 saturated heterocycles. The van der Waals surface area contributed by atoms with Crippen LogP contribution in [0.1, 0.15) is 0 Å². The molecule has 0 bridgehead atoms. The summed E-state index contributed by atoms with van der Waals surface area (Å²) in [6.45, 7) is 0. The fourth-order valence-corrected chi connectivity index (χ4v) is 2.24. The molecule has 0 fully saturated rings. The molecule has 2 heterocycles. The summed E-state index contributed by atoms with van der Waals surface area (Å²) in [5.74, 6) is -0.0462. The Kier molecular flexibility index (Phi) is 3.08. The monoisotopic (exact) mass is 341 g/mol. The summed E-state index contributed by atoms with van der Waals surface area (Å²) in [6, 6.07) is 4.67. The highest BCUT2D eigenvalue weighted by atomic mass is 79.9. The highest BCUT2D eigenvalue weighted by Gasteiger charge is 2.12. The van der Waals surface area contributed by atoms with Crippen molar-refractivity contribution in [2.75, 3.05) is 5.32 Å². The molecule has 0 amide bonds. The molecule has 5 nitrogen and oxygen atoms in total. The van der Waals surface area contributed by atoms with Crippen molar-refractivity contribution in [2.24, 2.45) is 0 Å². The Hall–Kier alpha value is -1.73. The van der Waals surface area contributed by atoms with Gasteiger partial charge in [-0.3, -0.25) is 0 Å². The summed E-state index contributed by atoms with van der Waals surface area (Å²) in [6.07, 6.45) is 1.47. The van der Waals surface area contributed by atoms with E-state index in [4.69, 9.17) is 11.6 Å². The zero-order valence-corrected chi connectivity index (χ0v) is 11.6. The largest absolute Gasteiger partial charge is 0.340 e. The Balaban J connectivity index is 2.13.